The molecule has 2 aromatic rings. The molecule has 0 fully saturated rings. The molecule has 2 rings (SSSR count). The molecule has 18 heavy (non-hydrogen) atoms. The van der Waals surface area contributed by atoms with Crippen molar-refractivity contribution in [3.63, 3.8) is 0 Å². The van der Waals surface area contributed by atoms with E-state index in [2.05, 4.69) is 35.7 Å². The van der Waals surface area contributed by atoms with Gasteiger partial charge < -0.3 is 0 Å². The molecule has 2 heterocycles. The molecule has 0 aliphatic heterocycles. The minimum Gasteiger partial charge on any atom is -0.265 e. The summed E-state index contributed by atoms with van der Waals surface area (Å²) in [5.74, 6) is 0. The smallest absolute Gasteiger partial charge is 0.115 e. The minimum atomic E-state index is 0. The van der Waals surface area contributed by atoms with Gasteiger partial charge >= 0.3 is 0 Å². The Morgan fingerprint density at radius 2 is 1.44 bits per heavy atom. The van der Waals surface area contributed by atoms with E-state index in [-0.39, 0.29) is 12.8 Å². The summed E-state index contributed by atoms with van der Waals surface area (Å²) < 4.78 is 0. The Hall–Kier alpha value is -1.77. The maximum Gasteiger partial charge on any atom is 0.115 e. The SMILES string of the molecule is C.CC(C)(C)c1ccncn1.Cc1ccncc1. The largest absolute Gasteiger partial charge is 0.265 e. The van der Waals surface area contributed by atoms with Gasteiger partial charge in [-0.15, -0.1) is 0 Å². The monoisotopic (exact) mass is 245 g/mol. The fourth-order valence-corrected chi connectivity index (χ4v) is 1.16. The topological polar surface area (TPSA) is 38.7 Å². The highest BCUT2D eigenvalue weighted by molar-refractivity contribution is 5.09. The zero-order chi connectivity index (χ0) is 12.7. The fraction of sp³-hybridized carbons (Fsp3) is 0.400. The molecular formula is C15H23N3. The summed E-state index contributed by atoms with van der Waals surface area (Å²) in [4.78, 5) is 11.8. The van der Waals surface area contributed by atoms with Gasteiger partial charge in [0.25, 0.3) is 0 Å². The van der Waals surface area contributed by atoms with Gasteiger partial charge in [-0.3, -0.25) is 4.98 Å². The molecule has 0 aliphatic rings. The van der Waals surface area contributed by atoms with Gasteiger partial charge in [0.2, 0.25) is 0 Å². The van der Waals surface area contributed by atoms with Crippen LogP contribution < -0.4 is 0 Å². The van der Waals surface area contributed by atoms with Gasteiger partial charge in [-0.05, 0) is 30.7 Å². The molecule has 0 bridgehead atoms. The fourth-order valence-electron chi connectivity index (χ4n) is 1.16. The predicted octanol–water partition coefficient (Wildman–Crippen LogP) is 3.80. The molecule has 3 nitrogen and oxygen atoms in total. The maximum atomic E-state index is 4.14. The number of nitrogens with zero attached hydrogens (tertiary/aromatic N) is 3. The number of rotatable bonds is 0. The van der Waals surface area contributed by atoms with Crippen molar-refractivity contribution in [3.05, 3.63) is 54.4 Å². The summed E-state index contributed by atoms with van der Waals surface area (Å²) >= 11 is 0. The number of pyridine rings is 1. The Kier molecular flexibility index (Phi) is 6.79. The van der Waals surface area contributed by atoms with E-state index in [0.717, 1.165) is 5.69 Å². The Labute approximate surface area is 110 Å². The second-order valence-electron chi connectivity index (χ2n) is 4.87. The van der Waals surface area contributed by atoms with Crippen LogP contribution in [0.3, 0.4) is 0 Å². The quantitative estimate of drug-likeness (QED) is 0.708. The van der Waals surface area contributed by atoms with Crippen molar-refractivity contribution in [2.75, 3.05) is 0 Å². The van der Waals surface area contributed by atoms with Crippen LogP contribution in [0.4, 0.5) is 0 Å². The molecule has 0 amide bonds. The van der Waals surface area contributed by atoms with E-state index in [1.165, 1.54) is 5.56 Å². The zero-order valence-corrected chi connectivity index (χ0v) is 10.9. The molecule has 0 N–H and O–H groups in total. The second kappa shape index (κ2) is 7.54. The van der Waals surface area contributed by atoms with Crippen molar-refractivity contribution < 1.29 is 0 Å². The first-order valence-corrected chi connectivity index (χ1v) is 5.63. The van der Waals surface area contributed by atoms with E-state index in [1.807, 2.05) is 25.1 Å². The van der Waals surface area contributed by atoms with Gasteiger partial charge in [0.15, 0.2) is 0 Å². The molecule has 0 saturated heterocycles. The Morgan fingerprint density at radius 1 is 0.889 bits per heavy atom. The normalized spacial score (nSPS) is 9.78. The average molecular weight is 245 g/mol. The Morgan fingerprint density at radius 3 is 1.72 bits per heavy atom. The lowest BCUT2D eigenvalue weighted by Crippen LogP contribution is -2.12. The third-order valence-electron chi connectivity index (χ3n) is 2.20. The van der Waals surface area contributed by atoms with Gasteiger partial charge in [-0.2, -0.15) is 0 Å². The van der Waals surface area contributed by atoms with Crippen molar-refractivity contribution in [1.29, 1.82) is 0 Å². The molecule has 3 heteroatoms. The Balaban J connectivity index is 0.000000321. The van der Waals surface area contributed by atoms with Crippen LogP contribution in [-0.2, 0) is 5.41 Å². The Bertz CT molecular complexity index is 418. The molecule has 0 aromatic carbocycles. The summed E-state index contributed by atoms with van der Waals surface area (Å²) in [5, 5.41) is 0. The number of hydrogen-bond donors (Lipinski definition) is 0. The summed E-state index contributed by atoms with van der Waals surface area (Å²) in [7, 11) is 0. The van der Waals surface area contributed by atoms with Crippen LogP contribution >= 0.6 is 0 Å². The van der Waals surface area contributed by atoms with Crippen LogP contribution in [0, 0.1) is 6.92 Å². The van der Waals surface area contributed by atoms with Crippen LogP contribution in [0.2, 0.25) is 0 Å². The highest BCUT2D eigenvalue weighted by Crippen LogP contribution is 2.17. The van der Waals surface area contributed by atoms with Crippen LogP contribution in [0.15, 0.2) is 43.1 Å². The van der Waals surface area contributed by atoms with E-state index in [4.69, 9.17) is 0 Å². The standard InChI is InChI=1S/C8H12N2.C6H7N.CH4/c1-8(2,3)7-4-5-9-6-10-7;1-6-2-4-7-5-3-6;/h4-6H,1-3H3;2-5H,1H3;1H4. The van der Waals surface area contributed by atoms with Gasteiger partial charge in [0, 0.05) is 29.7 Å². The molecule has 2 aromatic heterocycles. The van der Waals surface area contributed by atoms with Crippen molar-refractivity contribution in [2.24, 2.45) is 0 Å². The summed E-state index contributed by atoms with van der Waals surface area (Å²) in [6, 6.07) is 5.89. The average Bonchev–Trinajstić information content (AvgIpc) is 2.31. The molecule has 0 spiro atoms. The zero-order valence-electron chi connectivity index (χ0n) is 10.9. The molecule has 0 radical (unpaired) electrons. The van der Waals surface area contributed by atoms with Crippen LogP contribution in [0.1, 0.15) is 39.5 Å². The van der Waals surface area contributed by atoms with E-state index < -0.39 is 0 Å². The number of hydrogen-bond acceptors (Lipinski definition) is 3. The summed E-state index contributed by atoms with van der Waals surface area (Å²) in [6.07, 6.45) is 6.93. The second-order valence-corrected chi connectivity index (χ2v) is 4.87. The lowest BCUT2D eigenvalue weighted by Gasteiger charge is -2.16. The van der Waals surface area contributed by atoms with Gasteiger partial charge in [-0.1, -0.05) is 28.2 Å². The van der Waals surface area contributed by atoms with E-state index in [9.17, 15) is 0 Å². The number of aromatic nitrogens is 3. The number of aryl methyl sites for hydroxylation is 1. The van der Waals surface area contributed by atoms with E-state index >= 15 is 0 Å². The molecular weight excluding hydrogens is 222 g/mol. The summed E-state index contributed by atoms with van der Waals surface area (Å²) in [6.45, 7) is 8.45. The third-order valence-corrected chi connectivity index (χ3v) is 2.20. The first kappa shape index (κ1) is 16.2. The van der Waals surface area contributed by atoms with Crippen LogP contribution in [-0.4, -0.2) is 15.0 Å². The molecule has 0 unspecified atom stereocenters. The molecule has 0 saturated carbocycles. The maximum absolute atomic E-state index is 4.14. The molecule has 0 aliphatic carbocycles. The van der Waals surface area contributed by atoms with Gasteiger partial charge in [-0.25, -0.2) is 9.97 Å². The highest BCUT2D eigenvalue weighted by atomic mass is 14.8. The van der Waals surface area contributed by atoms with Crippen molar-refractivity contribution in [1.82, 2.24) is 15.0 Å². The molecule has 0 atom stereocenters. The predicted molar refractivity (Wildman–Crippen MR) is 76.4 cm³/mol. The lowest BCUT2D eigenvalue weighted by molar-refractivity contribution is 0.567. The van der Waals surface area contributed by atoms with Crippen molar-refractivity contribution in [3.8, 4) is 0 Å². The summed E-state index contributed by atoms with van der Waals surface area (Å²) in [5.41, 5.74) is 2.49. The first-order chi connectivity index (χ1) is 8.00. The van der Waals surface area contributed by atoms with E-state index in [1.54, 1.807) is 24.9 Å². The van der Waals surface area contributed by atoms with Crippen molar-refractivity contribution in [2.45, 2.75) is 40.5 Å². The van der Waals surface area contributed by atoms with Gasteiger partial charge in [0.1, 0.15) is 6.33 Å². The lowest BCUT2D eigenvalue weighted by atomic mass is 9.92. The first-order valence-electron chi connectivity index (χ1n) is 5.63. The van der Waals surface area contributed by atoms with Crippen LogP contribution in [0.25, 0.3) is 0 Å². The van der Waals surface area contributed by atoms with Gasteiger partial charge in [0.05, 0.1) is 0 Å². The molecule has 98 valence electrons. The minimum absolute atomic E-state index is 0. The third kappa shape index (κ3) is 6.09. The van der Waals surface area contributed by atoms with Crippen LogP contribution in [0.5, 0.6) is 0 Å². The highest BCUT2D eigenvalue weighted by Gasteiger charge is 2.13. The van der Waals surface area contributed by atoms with E-state index in [0.29, 0.717) is 0 Å². The van der Waals surface area contributed by atoms with Crippen molar-refractivity contribution >= 4 is 0 Å².